The predicted molar refractivity (Wildman–Crippen MR) is 71.8 cm³/mol. The molecule has 3 rings (SSSR count). The Balaban J connectivity index is 1.75. The van der Waals surface area contributed by atoms with E-state index in [9.17, 15) is 4.79 Å². The fourth-order valence-corrected chi connectivity index (χ4v) is 3.24. The standard InChI is InChI=1S/C11H9ClN2OS2/c12-9-4-3-8(17-9)7-5-16-11(13-7)14-10(15)6-1-2-6/h3-6H,1-2H2,(H,13,14,15). The lowest BCUT2D eigenvalue weighted by atomic mass is 10.4. The Kier molecular flexibility index (Phi) is 2.90. The van der Waals surface area contributed by atoms with Gasteiger partial charge in [0.05, 0.1) is 14.9 Å². The smallest absolute Gasteiger partial charge is 0.229 e. The van der Waals surface area contributed by atoms with Crippen LogP contribution in [-0.4, -0.2) is 10.9 Å². The van der Waals surface area contributed by atoms with Gasteiger partial charge in [0.2, 0.25) is 5.91 Å². The Labute approximate surface area is 111 Å². The van der Waals surface area contributed by atoms with Gasteiger partial charge in [-0.3, -0.25) is 4.79 Å². The highest BCUT2D eigenvalue weighted by Crippen LogP contribution is 2.34. The number of aromatic nitrogens is 1. The molecule has 0 aliphatic heterocycles. The number of hydrogen-bond donors (Lipinski definition) is 1. The van der Waals surface area contributed by atoms with Crippen LogP contribution in [0.25, 0.3) is 10.6 Å². The maximum Gasteiger partial charge on any atom is 0.229 e. The number of thiophene rings is 1. The number of anilines is 1. The van der Waals surface area contributed by atoms with Crippen LogP contribution in [0.2, 0.25) is 4.34 Å². The molecular formula is C11H9ClN2OS2. The summed E-state index contributed by atoms with van der Waals surface area (Å²) in [6.07, 6.45) is 2.01. The Morgan fingerprint density at radius 3 is 2.94 bits per heavy atom. The maximum absolute atomic E-state index is 11.6. The van der Waals surface area contributed by atoms with Gasteiger partial charge in [0.1, 0.15) is 0 Å². The van der Waals surface area contributed by atoms with Crippen LogP contribution < -0.4 is 5.32 Å². The second-order valence-corrected chi connectivity index (χ2v) is 6.48. The zero-order valence-electron chi connectivity index (χ0n) is 8.77. The van der Waals surface area contributed by atoms with E-state index >= 15 is 0 Å². The second kappa shape index (κ2) is 4.40. The van der Waals surface area contributed by atoms with Crippen LogP contribution in [0.15, 0.2) is 17.5 Å². The first-order chi connectivity index (χ1) is 8.22. The number of hydrogen-bond acceptors (Lipinski definition) is 4. The lowest BCUT2D eigenvalue weighted by molar-refractivity contribution is -0.117. The summed E-state index contributed by atoms with van der Waals surface area (Å²) in [6.45, 7) is 0. The Morgan fingerprint density at radius 1 is 1.47 bits per heavy atom. The zero-order chi connectivity index (χ0) is 11.8. The highest BCUT2D eigenvalue weighted by Gasteiger charge is 2.30. The number of thiazole rings is 1. The number of nitrogens with zero attached hydrogens (tertiary/aromatic N) is 1. The van der Waals surface area contributed by atoms with Crippen molar-refractivity contribution in [3.8, 4) is 10.6 Å². The molecule has 0 atom stereocenters. The first-order valence-electron chi connectivity index (χ1n) is 5.24. The summed E-state index contributed by atoms with van der Waals surface area (Å²) in [7, 11) is 0. The number of carbonyl (C=O) groups is 1. The first-order valence-corrected chi connectivity index (χ1v) is 7.32. The van der Waals surface area contributed by atoms with Crippen LogP contribution >= 0.6 is 34.3 Å². The molecule has 6 heteroatoms. The first kappa shape index (κ1) is 11.2. The quantitative estimate of drug-likeness (QED) is 0.929. The maximum atomic E-state index is 11.6. The van der Waals surface area contributed by atoms with Crippen LogP contribution in [0, 0.1) is 5.92 Å². The van der Waals surface area contributed by atoms with Gasteiger partial charge >= 0.3 is 0 Å². The minimum absolute atomic E-state index is 0.0927. The van der Waals surface area contributed by atoms with Crippen molar-refractivity contribution in [1.82, 2.24) is 4.98 Å². The summed E-state index contributed by atoms with van der Waals surface area (Å²) < 4.78 is 0.747. The van der Waals surface area contributed by atoms with Crippen molar-refractivity contribution in [3.05, 3.63) is 21.8 Å². The molecule has 1 aliphatic carbocycles. The van der Waals surface area contributed by atoms with Gasteiger partial charge in [-0.25, -0.2) is 4.98 Å². The molecule has 2 aromatic rings. The molecule has 1 saturated carbocycles. The summed E-state index contributed by atoms with van der Waals surface area (Å²) in [4.78, 5) is 17.0. The van der Waals surface area contributed by atoms with Crippen molar-refractivity contribution in [1.29, 1.82) is 0 Å². The van der Waals surface area contributed by atoms with Gasteiger partial charge in [0.15, 0.2) is 5.13 Å². The van der Waals surface area contributed by atoms with Gasteiger partial charge in [-0.15, -0.1) is 22.7 Å². The average molecular weight is 285 g/mol. The molecule has 0 radical (unpaired) electrons. The van der Waals surface area contributed by atoms with Crippen molar-refractivity contribution >= 4 is 45.3 Å². The molecule has 2 heterocycles. The molecule has 1 amide bonds. The summed E-state index contributed by atoms with van der Waals surface area (Å²) in [6, 6.07) is 3.79. The van der Waals surface area contributed by atoms with E-state index in [0.717, 1.165) is 27.7 Å². The van der Waals surface area contributed by atoms with E-state index in [0.29, 0.717) is 5.13 Å². The van der Waals surface area contributed by atoms with Crippen LogP contribution in [-0.2, 0) is 4.79 Å². The minimum Gasteiger partial charge on any atom is -0.302 e. The molecule has 1 fully saturated rings. The predicted octanol–water partition coefficient (Wildman–Crippen LogP) is 3.87. The molecule has 3 nitrogen and oxygen atoms in total. The van der Waals surface area contributed by atoms with Crippen LogP contribution in [0.3, 0.4) is 0 Å². The number of carbonyl (C=O) groups excluding carboxylic acids is 1. The lowest BCUT2D eigenvalue weighted by Gasteiger charge is -1.97. The van der Waals surface area contributed by atoms with E-state index < -0.39 is 0 Å². The van der Waals surface area contributed by atoms with Gasteiger partial charge in [-0.05, 0) is 25.0 Å². The molecule has 2 aromatic heterocycles. The zero-order valence-corrected chi connectivity index (χ0v) is 11.2. The Hall–Kier alpha value is -0.910. The normalized spacial score (nSPS) is 14.9. The monoisotopic (exact) mass is 284 g/mol. The number of halogens is 1. The minimum atomic E-state index is 0.0927. The topological polar surface area (TPSA) is 42.0 Å². The summed E-state index contributed by atoms with van der Waals surface area (Å²) >= 11 is 8.81. The lowest BCUT2D eigenvalue weighted by Crippen LogP contribution is -2.12. The molecule has 0 saturated heterocycles. The second-order valence-electron chi connectivity index (χ2n) is 3.91. The number of nitrogens with one attached hydrogen (secondary N) is 1. The van der Waals surface area contributed by atoms with E-state index in [4.69, 9.17) is 11.6 Å². The van der Waals surface area contributed by atoms with Gasteiger partial charge in [-0.1, -0.05) is 11.6 Å². The Bertz CT molecular complexity index is 559. The average Bonchev–Trinajstić information content (AvgIpc) is 2.92. The molecule has 0 spiro atoms. The van der Waals surface area contributed by atoms with E-state index in [1.165, 1.54) is 22.7 Å². The third kappa shape index (κ3) is 2.51. The van der Waals surface area contributed by atoms with Crippen LogP contribution in [0.1, 0.15) is 12.8 Å². The van der Waals surface area contributed by atoms with Crippen molar-refractivity contribution in [2.75, 3.05) is 5.32 Å². The number of amides is 1. The van der Waals surface area contributed by atoms with E-state index in [-0.39, 0.29) is 11.8 Å². The Morgan fingerprint density at radius 2 is 2.29 bits per heavy atom. The highest BCUT2D eigenvalue weighted by molar-refractivity contribution is 7.20. The van der Waals surface area contributed by atoms with Gasteiger partial charge in [-0.2, -0.15) is 0 Å². The highest BCUT2D eigenvalue weighted by atomic mass is 35.5. The molecule has 17 heavy (non-hydrogen) atoms. The summed E-state index contributed by atoms with van der Waals surface area (Å²) in [5, 5.41) is 5.44. The van der Waals surface area contributed by atoms with Crippen molar-refractivity contribution in [2.45, 2.75) is 12.8 Å². The van der Waals surface area contributed by atoms with Gasteiger partial charge in [0.25, 0.3) is 0 Å². The van der Waals surface area contributed by atoms with Crippen LogP contribution in [0.4, 0.5) is 5.13 Å². The summed E-state index contributed by atoms with van der Waals surface area (Å²) in [5.41, 5.74) is 0.873. The molecule has 88 valence electrons. The fourth-order valence-electron chi connectivity index (χ4n) is 1.45. The van der Waals surface area contributed by atoms with Gasteiger partial charge < -0.3 is 5.32 Å². The molecule has 1 N–H and O–H groups in total. The van der Waals surface area contributed by atoms with Crippen molar-refractivity contribution in [2.24, 2.45) is 5.92 Å². The van der Waals surface area contributed by atoms with Crippen molar-refractivity contribution in [3.63, 3.8) is 0 Å². The SMILES string of the molecule is O=C(Nc1nc(-c2ccc(Cl)s2)cs1)C1CC1. The molecule has 0 bridgehead atoms. The number of rotatable bonds is 3. The fraction of sp³-hybridized carbons (Fsp3) is 0.273. The van der Waals surface area contributed by atoms with E-state index in [1.54, 1.807) is 0 Å². The van der Waals surface area contributed by atoms with E-state index in [1.807, 2.05) is 17.5 Å². The molecule has 1 aliphatic rings. The van der Waals surface area contributed by atoms with Gasteiger partial charge in [0, 0.05) is 11.3 Å². The summed E-state index contributed by atoms with van der Waals surface area (Å²) in [5.74, 6) is 0.300. The van der Waals surface area contributed by atoms with E-state index in [2.05, 4.69) is 10.3 Å². The largest absolute Gasteiger partial charge is 0.302 e. The third-order valence-corrected chi connectivity index (χ3v) is 4.52. The third-order valence-electron chi connectivity index (χ3n) is 2.51. The molecule has 0 unspecified atom stereocenters. The molecule has 0 aromatic carbocycles. The molecular weight excluding hydrogens is 276 g/mol. The van der Waals surface area contributed by atoms with Crippen molar-refractivity contribution < 1.29 is 4.79 Å². The van der Waals surface area contributed by atoms with Crippen LogP contribution in [0.5, 0.6) is 0 Å².